The average molecular weight is 414 g/mol. The average Bonchev–Trinajstić information content (AvgIpc) is 3.17. The van der Waals surface area contributed by atoms with Gasteiger partial charge in [0, 0.05) is 41.7 Å². The number of thiazole rings is 1. The number of nitro benzene ring substituents is 1. The van der Waals surface area contributed by atoms with E-state index < -0.39 is 16.7 Å². The first kappa shape index (κ1) is 20.1. The molecule has 0 aliphatic heterocycles. The topological polar surface area (TPSA) is 114 Å². The summed E-state index contributed by atoms with van der Waals surface area (Å²) in [5, 5.41) is 17.9. The minimum atomic E-state index is -0.877. The third-order valence-electron chi connectivity index (χ3n) is 3.83. The molecule has 10 heteroatoms. The molecule has 0 fully saturated rings. The fraction of sp³-hybridized carbons (Fsp3) is 0.105. The van der Waals surface area contributed by atoms with Gasteiger partial charge in [-0.05, 0) is 24.3 Å². The second-order valence-electron chi connectivity index (χ2n) is 5.92. The van der Waals surface area contributed by atoms with Crippen LogP contribution >= 0.6 is 11.3 Å². The van der Waals surface area contributed by atoms with Crippen LogP contribution in [0.3, 0.4) is 0 Å². The quantitative estimate of drug-likeness (QED) is 0.365. The first-order valence-corrected chi connectivity index (χ1v) is 9.34. The summed E-state index contributed by atoms with van der Waals surface area (Å²) in [5.41, 5.74) is 1.54. The van der Waals surface area contributed by atoms with Crippen LogP contribution in [0.25, 0.3) is 10.6 Å². The fourth-order valence-electron chi connectivity index (χ4n) is 2.41. The Morgan fingerprint density at radius 3 is 2.59 bits per heavy atom. The van der Waals surface area contributed by atoms with Crippen molar-refractivity contribution in [1.29, 1.82) is 0 Å². The zero-order chi connectivity index (χ0) is 20.8. The first-order chi connectivity index (χ1) is 13.9. The second-order valence-corrected chi connectivity index (χ2v) is 6.78. The molecule has 0 saturated carbocycles. The number of benzene rings is 2. The van der Waals surface area contributed by atoms with Crippen molar-refractivity contribution in [3.8, 4) is 10.6 Å². The van der Waals surface area contributed by atoms with E-state index in [0.29, 0.717) is 22.7 Å². The Morgan fingerprint density at radius 2 is 1.90 bits per heavy atom. The summed E-state index contributed by atoms with van der Waals surface area (Å²) in [7, 11) is 0. The molecule has 3 rings (SSSR count). The van der Waals surface area contributed by atoms with Crippen LogP contribution in [0.5, 0.6) is 0 Å². The smallest absolute Gasteiger partial charge is 0.313 e. The predicted molar refractivity (Wildman–Crippen MR) is 106 cm³/mol. The van der Waals surface area contributed by atoms with Gasteiger partial charge in [0.15, 0.2) is 0 Å². The van der Waals surface area contributed by atoms with Crippen LogP contribution in [0, 0.1) is 15.9 Å². The highest BCUT2D eigenvalue weighted by Crippen LogP contribution is 2.24. The van der Waals surface area contributed by atoms with Crippen molar-refractivity contribution >= 4 is 34.5 Å². The number of anilines is 1. The zero-order valence-corrected chi connectivity index (χ0v) is 15.7. The number of carbonyl (C=O) groups excluding carboxylic acids is 2. The number of halogens is 1. The number of aromatic nitrogens is 1. The summed E-state index contributed by atoms with van der Waals surface area (Å²) in [6.07, 6.45) is 0.405. The van der Waals surface area contributed by atoms with Crippen molar-refractivity contribution < 1.29 is 18.9 Å². The lowest BCUT2D eigenvalue weighted by molar-refractivity contribution is -0.384. The largest absolute Gasteiger partial charge is 0.347 e. The van der Waals surface area contributed by atoms with Crippen LogP contribution in [0.2, 0.25) is 0 Å². The maximum absolute atomic E-state index is 13.3. The predicted octanol–water partition coefficient (Wildman–Crippen LogP) is 3.15. The molecule has 1 aromatic heterocycles. The van der Waals surface area contributed by atoms with E-state index in [2.05, 4.69) is 15.6 Å². The van der Waals surface area contributed by atoms with Gasteiger partial charge in [0.25, 0.3) is 5.69 Å². The van der Waals surface area contributed by atoms with Gasteiger partial charge in [-0.1, -0.05) is 12.1 Å². The van der Waals surface area contributed by atoms with Gasteiger partial charge in [-0.3, -0.25) is 19.7 Å². The van der Waals surface area contributed by atoms with Gasteiger partial charge in [-0.2, -0.15) is 0 Å². The minimum absolute atomic E-state index is 0.117. The normalized spacial score (nSPS) is 10.4. The molecular weight excluding hydrogens is 399 g/mol. The number of nitro groups is 1. The van der Waals surface area contributed by atoms with Crippen LogP contribution in [0.15, 0.2) is 53.9 Å². The maximum Gasteiger partial charge on any atom is 0.313 e. The van der Waals surface area contributed by atoms with Gasteiger partial charge in [0.1, 0.15) is 10.8 Å². The van der Waals surface area contributed by atoms with Crippen LogP contribution in [-0.2, 0) is 16.0 Å². The summed E-state index contributed by atoms with van der Waals surface area (Å²) in [4.78, 5) is 38.2. The van der Waals surface area contributed by atoms with Crippen LogP contribution in [-0.4, -0.2) is 28.3 Å². The lowest BCUT2D eigenvalue weighted by Crippen LogP contribution is -2.36. The summed E-state index contributed by atoms with van der Waals surface area (Å²) in [6.45, 7) is 0.193. The molecule has 0 bridgehead atoms. The van der Waals surface area contributed by atoms with Gasteiger partial charge in [0.05, 0.1) is 10.6 Å². The highest BCUT2D eigenvalue weighted by atomic mass is 32.1. The molecule has 1 heterocycles. The Bertz CT molecular complexity index is 1050. The van der Waals surface area contributed by atoms with Crippen LogP contribution in [0.4, 0.5) is 15.8 Å². The SMILES string of the molecule is O=C(NCCc1csc(-c2cccc(F)c2)n1)C(=O)Nc1ccc([N+](=O)[O-])cc1. The van der Waals surface area contributed by atoms with E-state index in [-0.39, 0.29) is 23.7 Å². The number of carbonyl (C=O) groups is 2. The van der Waals surface area contributed by atoms with Crippen LogP contribution in [0.1, 0.15) is 5.69 Å². The Balaban J connectivity index is 1.48. The van der Waals surface area contributed by atoms with Crippen molar-refractivity contribution in [3.05, 3.63) is 75.5 Å². The lowest BCUT2D eigenvalue weighted by Gasteiger charge is -2.05. The number of amides is 2. The Morgan fingerprint density at radius 1 is 1.14 bits per heavy atom. The number of nitrogens with one attached hydrogen (secondary N) is 2. The van der Waals surface area contributed by atoms with E-state index in [4.69, 9.17) is 0 Å². The van der Waals surface area contributed by atoms with Crippen molar-refractivity contribution in [2.75, 3.05) is 11.9 Å². The Labute approximate surface area is 168 Å². The van der Waals surface area contributed by atoms with E-state index in [9.17, 15) is 24.1 Å². The number of nitrogens with zero attached hydrogens (tertiary/aromatic N) is 2. The third kappa shape index (κ3) is 5.42. The zero-order valence-electron chi connectivity index (χ0n) is 14.9. The summed E-state index contributed by atoms with van der Waals surface area (Å²) in [6, 6.07) is 11.3. The molecule has 2 aromatic carbocycles. The van der Waals surface area contributed by atoms with E-state index in [1.807, 2.05) is 5.38 Å². The Kier molecular flexibility index (Phi) is 6.25. The number of rotatable bonds is 6. The molecule has 8 nitrogen and oxygen atoms in total. The van der Waals surface area contributed by atoms with Crippen molar-refractivity contribution in [2.45, 2.75) is 6.42 Å². The molecule has 2 amide bonds. The molecule has 29 heavy (non-hydrogen) atoms. The fourth-order valence-corrected chi connectivity index (χ4v) is 3.27. The molecule has 0 unspecified atom stereocenters. The number of hydrogen-bond donors (Lipinski definition) is 2. The molecule has 0 radical (unpaired) electrons. The lowest BCUT2D eigenvalue weighted by atomic mass is 10.2. The number of hydrogen-bond acceptors (Lipinski definition) is 6. The second kappa shape index (κ2) is 9.02. The molecule has 148 valence electrons. The highest BCUT2D eigenvalue weighted by Gasteiger charge is 2.14. The molecule has 0 atom stereocenters. The monoisotopic (exact) mass is 414 g/mol. The summed E-state index contributed by atoms with van der Waals surface area (Å²) in [5.74, 6) is -2.05. The van der Waals surface area contributed by atoms with Gasteiger partial charge in [-0.15, -0.1) is 11.3 Å². The van der Waals surface area contributed by atoms with Crippen molar-refractivity contribution in [3.63, 3.8) is 0 Å². The van der Waals surface area contributed by atoms with E-state index in [1.165, 1.54) is 47.7 Å². The molecule has 0 aliphatic rings. The van der Waals surface area contributed by atoms with E-state index in [0.717, 1.165) is 0 Å². The Hall–Kier alpha value is -3.66. The molecular formula is C19H15FN4O4S. The summed E-state index contributed by atoms with van der Waals surface area (Å²) < 4.78 is 13.3. The molecule has 0 saturated heterocycles. The highest BCUT2D eigenvalue weighted by molar-refractivity contribution is 7.13. The maximum atomic E-state index is 13.3. The van der Waals surface area contributed by atoms with Gasteiger partial charge >= 0.3 is 11.8 Å². The first-order valence-electron chi connectivity index (χ1n) is 8.46. The van der Waals surface area contributed by atoms with E-state index >= 15 is 0 Å². The standard InChI is InChI=1S/C19H15FN4O4S/c20-13-3-1-2-12(10-13)19-23-15(11-29-19)8-9-21-17(25)18(26)22-14-4-6-16(7-5-14)24(27)28/h1-7,10-11H,8-9H2,(H,21,25)(H,22,26). The minimum Gasteiger partial charge on any atom is -0.347 e. The molecule has 0 spiro atoms. The molecule has 0 aliphatic carbocycles. The van der Waals surface area contributed by atoms with Gasteiger partial charge in [0.2, 0.25) is 0 Å². The molecule has 2 N–H and O–H groups in total. The van der Waals surface area contributed by atoms with Gasteiger partial charge < -0.3 is 10.6 Å². The molecule has 3 aromatic rings. The van der Waals surface area contributed by atoms with Gasteiger partial charge in [-0.25, -0.2) is 9.37 Å². The summed E-state index contributed by atoms with van der Waals surface area (Å²) >= 11 is 1.36. The third-order valence-corrected chi connectivity index (χ3v) is 4.77. The van der Waals surface area contributed by atoms with Crippen molar-refractivity contribution in [2.24, 2.45) is 0 Å². The van der Waals surface area contributed by atoms with E-state index in [1.54, 1.807) is 12.1 Å². The van der Waals surface area contributed by atoms with Crippen LogP contribution < -0.4 is 10.6 Å². The van der Waals surface area contributed by atoms with Crippen molar-refractivity contribution in [1.82, 2.24) is 10.3 Å². The number of non-ortho nitro benzene ring substituents is 1.